The van der Waals surface area contributed by atoms with Gasteiger partial charge in [-0.2, -0.15) is 11.8 Å². The summed E-state index contributed by atoms with van der Waals surface area (Å²) in [6.45, 7) is 10.2. The predicted octanol–water partition coefficient (Wildman–Crippen LogP) is 1.15. The molecule has 4 aliphatic heterocycles. The van der Waals surface area contributed by atoms with Gasteiger partial charge >= 0.3 is 0 Å². The molecule has 3 saturated heterocycles. The van der Waals surface area contributed by atoms with Crippen molar-refractivity contribution in [2.24, 2.45) is 0 Å². The van der Waals surface area contributed by atoms with E-state index >= 15 is 0 Å². The summed E-state index contributed by atoms with van der Waals surface area (Å²) in [6.07, 6.45) is 11.1. The topological polar surface area (TPSA) is 37.0 Å². The van der Waals surface area contributed by atoms with Crippen LogP contribution < -0.4 is 10.7 Å². The van der Waals surface area contributed by atoms with Crippen molar-refractivity contribution < 1.29 is 0 Å². The van der Waals surface area contributed by atoms with Crippen LogP contribution in [0.3, 0.4) is 0 Å². The molecule has 2 N–H and O–H groups in total. The molecule has 1 unspecified atom stereocenters. The fraction of sp³-hybridized carbons (Fsp3) is 0.895. The first-order valence-corrected chi connectivity index (χ1v) is 11.8. The molecule has 0 aromatic rings. The van der Waals surface area contributed by atoms with Gasteiger partial charge in [0.25, 0.3) is 0 Å². The van der Waals surface area contributed by atoms with Crippen molar-refractivity contribution in [3.8, 4) is 0 Å². The molecule has 4 rings (SSSR count). The Labute approximate surface area is 163 Å². The van der Waals surface area contributed by atoms with Crippen LogP contribution in [0.5, 0.6) is 0 Å². The summed E-state index contributed by atoms with van der Waals surface area (Å²) in [4.78, 5) is 2.79. The van der Waals surface area contributed by atoms with E-state index in [2.05, 4.69) is 54.6 Å². The number of nitrogens with one attached hydrogen (secondary N) is 2. The first-order chi connectivity index (χ1) is 12.9. The van der Waals surface area contributed by atoms with Gasteiger partial charge in [-0.05, 0) is 32.2 Å². The predicted molar refractivity (Wildman–Crippen MR) is 110 cm³/mol. The van der Waals surface area contributed by atoms with Crippen LogP contribution in [-0.2, 0) is 0 Å². The molecule has 0 aromatic heterocycles. The molecule has 7 heteroatoms. The summed E-state index contributed by atoms with van der Waals surface area (Å²) in [5, 5.41) is 11.6. The summed E-state index contributed by atoms with van der Waals surface area (Å²) in [5.41, 5.74) is 3.85. The second-order valence-electron chi connectivity index (χ2n) is 7.83. The molecule has 4 heterocycles. The molecule has 6 nitrogen and oxygen atoms in total. The van der Waals surface area contributed by atoms with E-state index in [1.54, 1.807) is 0 Å². The van der Waals surface area contributed by atoms with Crippen molar-refractivity contribution >= 4 is 11.8 Å². The highest BCUT2D eigenvalue weighted by molar-refractivity contribution is 7.99. The van der Waals surface area contributed by atoms with Gasteiger partial charge in [0.1, 0.15) is 0 Å². The minimum atomic E-state index is -0.0234. The molecule has 0 aliphatic carbocycles. The third-order valence-electron chi connectivity index (χ3n) is 6.17. The third kappa shape index (κ3) is 3.99. The lowest BCUT2D eigenvalue weighted by atomic mass is 10.2. The third-order valence-corrected chi connectivity index (χ3v) is 7.24. The second kappa shape index (κ2) is 9.37. The molecule has 0 spiro atoms. The molecule has 1 atom stereocenters. The smallest absolute Gasteiger partial charge is 0.165 e. The number of rotatable bonds is 3. The lowest BCUT2D eigenvalue weighted by molar-refractivity contribution is -0.248. The van der Waals surface area contributed by atoms with Gasteiger partial charge in [0.05, 0.1) is 0 Å². The van der Waals surface area contributed by atoms with Crippen LogP contribution in [0.15, 0.2) is 12.2 Å². The maximum absolute atomic E-state index is 3.85. The first-order valence-electron chi connectivity index (χ1n) is 10.6. The van der Waals surface area contributed by atoms with E-state index in [0.29, 0.717) is 0 Å². The Morgan fingerprint density at radius 1 is 0.846 bits per heavy atom. The van der Waals surface area contributed by atoms with Crippen molar-refractivity contribution in [1.82, 2.24) is 30.7 Å². The standard InChI is InChI=1S/C19H36N6S/c1-3-9-21-24(14-6-1)19(22-11-7-8-20-10-15-22)18-26-17-16-25(19)23-12-4-2-5-13-23/h2,4,20-21H,1,3,5-18H2. The Balaban J connectivity index is 1.67. The Morgan fingerprint density at radius 3 is 2.77 bits per heavy atom. The van der Waals surface area contributed by atoms with Crippen molar-refractivity contribution in [2.45, 2.75) is 37.9 Å². The molecular weight excluding hydrogens is 344 g/mol. The summed E-state index contributed by atoms with van der Waals surface area (Å²) < 4.78 is 0. The molecule has 4 aliphatic rings. The van der Waals surface area contributed by atoms with Crippen molar-refractivity contribution in [2.75, 3.05) is 70.4 Å². The SMILES string of the molecule is C1=CCN(N2CCSCC2(N2CCCNCC2)N2CCCCCN2)CC1. The maximum atomic E-state index is 3.85. The van der Waals surface area contributed by atoms with Crippen LogP contribution in [0.25, 0.3) is 0 Å². The number of nitrogens with zero attached hydrogens (tertiary/aromatic N) is 4. The van der Waals surface area contributed by atoms with Crippen molar-refractivity contribution in [3.05, 3.63) is 12.2 Å². The fourth-order valence-corrected chi connectivity index (χ4v) is 6.05. The highest BCUT2D eigenvalue weighted by Crippen LogP contribution is 2.35. The summed E-state index contributed by atoms with van der Waals surface area (Å²) >= 11 is 2.14. The lowest BCUT2D eigenvalue weighted by Crippen LogP contribution is -2.78. The monoisotopic (exact) mass is 380 g/mol. The van der Waals surface area contributed by atoms with E-state index in [4.69, 9.17) is 0 Å². The lowest BCUT2D eigenvalue weighted by Gasteiger charge is -2.60. The first kappa shape index (κ1) is 19.2. The van der Waals surface area contributed by atoms with Gasteiger partial charge in [-0.3, -0.25) is 10.3 Å². The zero-order valence-corrected chi connectivity index (χ0v) is 17.0. The van der Waals surface area contributed by atoms with Crippen molar-refractivity contribution in [1.29, 1.82) is 0 Å². The average Bonchev–Trinajstić information content (AvgIpc) is 3.14. The number of hydrogen-bond acceptors (Lipinski definition) is 7. The Hall–Kier alpha value is -0.150. The van der Waals surface area contributed by atoms with Crippen LogP contribution in [0.1, 0.15) is 32.1 Å². The minimum Gasteiger partial charge on any atom is -0.315 e. The highest BCUT2D eigenvalue weighted by Gasteiger charge is 2.51. The molecule has 0 radical (unpaired) electrons. The summed E-state index contributed by atoms with van der Waals surface area (Å²) in [5.74, 6) is 2.38. The summed E-state index contributed by atoms with van der Waals surface area (Å²) in [6, 6.07) is 0. The Kier molecular flexibility index (Phi) is 6.91. The largest absolute Gasteiger partial charge is 0.315 e. The molecule has 148 valence electrons. The Bertz CT molecular complexity index is 437. The van der Waals surface area contributed by atoms with Gasteiger partial charge in [-0.15, -0.1) is 0 Å². The van der Waals surface area contributed by atoms with E-state index in [9.17, 15) is 0 Å². The van der Waals surface area contributed by atoms with E-state index in [1.165, 1.54) is 50.2 Å². The van der Waals surface area contributed by atoms with E-state index < -0.39 is 0 Å². The molecule has 3 fully saturated rings. The number of hydrogen-bond donors (Lipinski definition) is 2. The maximum Gasteiger partial charge on any atom is 0.165 e. The molecule has 0 amide bonds. The second-order valence-corrected chi connectivity index (χ2v) is 8.94. The normalized spacial score (nSPS) is 34.5. The van der Waals surface area contributed by atoms with Gasteiger partial charge in [-0.25, -0.2) is 15.0 Å². The fourth-order valence-electron chi connectivity index (χ4n) is 4.85. The van der Waals surface area contributed by atoms with E-state index in [0.717, 1.165) is 52.4 Å². The summed E-state index contributed by atoms with van der Waals surface area (Å²) in [7, 11) is 0. The van der Waals surface area contributed by atoms with Crippen molar-refractivity contribution in [3.63, 3.8) is 0 Å². The molecule has 0 saturated carbocycles. The van der Waals surface area contributed by atoms with Crippen LogP contribution in [0.2, 0.25) is 0 Å². The van der Waals surface area contributed by atoms with Gasteiger partial charge < -0.3 is 5.32 Å². The number of thioether (sulfide) groups is 1. The van der Waals surface area contributed by atoms with E-state index in [-0.39, 0.29) is 5.79 Å². The Morgan fingerprint density at radius 2 is 1.85 bits per heavy atom. The van der Waals surface area contributed by atoms with Crippen LogP contribution in [-0.4, -0.2) is 96.1 Å². The zero-order chi connectivity index (χ0) is 17.7. The number of hydrazine groups is 2. The highest BCUT2D eigenvalue weighted by atomic mass is 32.2. The molecule has 0 aromatic carbocycles. The molecule has 26 heavy (non-hydrogen) atoms. The molecular formula is C19H36N6S. The quantitative estimate of drug-likeness (QED) is 0.712. The van der Waals surface area contributed by atoms with Gasteiger partial charge in [0, 0.05) is 63.9 Å². The van der Waals surface area contributed by atoms with Gasteiger partial charge in [0.2, 0.25) is 0 Å². The van der Waals surface area contributed by atoms with Gasteiger partial charge in [-0.1, -0.05) is 18.6 Å². The minimum absolute atomic E-state index is 0.0234. The van der Waals surface area contributed by atoms with E-state index in [1.807, 2.05) is 0 Å². The zero-order valence-electron chi connectivity index (χ0n) is 16.2. The molecule has 0 bridgehead atoms. The van der Waals surface area contributed by atoms with Gasteiger partial charge in [0.15, 0.2) is 5.79 Å². The average molecular weight is 381 g/mol. The van der Waals surface area contributed by atoms with Crippen LogP contribution in [0, 0.1) is 0 Å². The van der Waals surface area contributed by atoms with Crippen LogP contribution in [0.4, 0.5) is 0 Å². The van der Waals surface area contributed by atoms with Crippen LogP contribution >= 0.6 is 11.8 Å².